The first kappa shape index (κ1) is 13.2. The summed E-state index contributed by atoms with van der Waals surface area (Å²) in [5.41, 5.74) is 0.372. The number of carbonyl (C=O) groups is 1. The fourth-order valence-corrected chi connectivity index (χ4v) is 3.30. The molecule has 16 heavy (non-hydrogen) atoms. The van der Waals surface area contributed by atoms with Crippen molar-refractivity contribution in [3.8, 4) is 0 Å². The van der Waals surface area contributed by atoms with E-state index in [0.717, 1.165) is 10.4 Å². The van der Waals surface area contributed by atoms with Gasteiger partial charge < -0.3 is 10.0 Å². The Morgan fingerprint density at radius 3 is 2.38 bits per heavy atom. The van der Waals surface area contributed by atoms with Gasteiger partial charge in [-0.15, -0.1) is 11.3 Å². The Bertz CT molecular complexity index is 382. The van der Waals surface area contributed by atoms with Gasteiger partial charge in [0.15, 0.2) is 0 Å². The minimum absolute atomic E-state index is 0.0926. The molecule has 0 aliphatic carbocycles. The van der Waals surface area contributed by atoms with E-state index in [4.69, 9.17) is 0 Å². The molecule has 0 saturated heterocycles. The summed E-state index contributed by atoms with van der Waals surface area (Å²) in [5.74, 6) is -0.765. The smallest absolute Gasteiger partial charge is 0.311 e. The quantitative estimate of drug-likeness (QED) is 0.881. The van der Waals surface area contributed by atoms with E-state index < -0.39 is 11.4 Å². The van der Waals surface area contributed by atoms with Crippen LogP contribution in [0.4, 0.5) is 0 Å². The Hall–Kier alpha value is -0.870. The summed E-state index contributed by atoms with van der Waals surface area (Å²) in [4.78, 5) is 14.5. The maximum atomic E-state index is 11.4. The topological polar surface area (TPSA) is 40.5 Å². The van der Waals surface area contributed by atoms with Crippen LogP contribution in [0.5, 0.6) is 0 Å². The van der Waals surface area contributed by atoms with Gasteiger partial charge in [0.25, 0.3) is 0 Å². The van der Waals surface area contributed by atoms with Crippen LogP contribution in [0.2, 0.25) is 0 Å². The summed E-state index contributed by atoms with van der Waals surface area (Å²) < 4.78 is 0. The van der Waals surface area contributed by atoms with Crippen molar-refractivity contribution in [3.05, 3.63) is 21.9 Å². The van der Waals surface area contributed by atoms with E-state index in [0.29, 0.717) is 0 Å². The summed E-state index contributed by atoms with van der Waals surface area (Å²) >= 11 is 1.63. The highest BCUT2D eigenvalue weighted by molar-refractivity contribution is 7.10. The summed E-state index contributed by atoms with van der Waals surface area (Å²) in [6.45, 7) is 5.58. The molecule has 0 aliphatic rings. The van der Waals surface area contributed by atoms with Gasteiger partial charge in [0.1, 0.15) is 0 Å². The third-order valence-electron chi connectivity index (χ3n) is 2.90. The first-order valence-corrected chi connectivity index (χ1v) is 6.10. The van der Waals surface area contributed by atoms with Crippen molar-refractivity contribution in [2.75, 3.05) is 14.1 Å². The monoisotopic (exact) mass is 241 g/mol. The van der Waals surface area contributed by atoms with Crippen LogP contribution in [0.25, 0.3) is 0 Å². The molecular formula is C12H19NO2S. The van der Waals surface area contributed by atoms with Gasteiger partial charge in [-0.25, -0.2) is 0 Å². The van der Waals surface area contributed by atoms with Crippen molar-refractivity contribution in [2.24, 2.45) is 5.41 Å². The molecule has 1 heterocycles. The van der Waals surface area contributed by atoms with E-state index in [9.17, 15) is 9.90 Å². The van der Waals surface area contributed by atoms with Crippen LogP contribution in [-0.4, -0.2) is 30.1 Å². The molecule has 1 atom stereocenters. The first-order chi connectivity index (χ1) is 7.28. The molecule has 0 aromatic carbocycles. The molecule has 1 rings (SSSR count). The summed E-state index contributed by atoms with van der Waals surface area (Å²) in [5, 5.41) is 11.3. The molecule has 4 heteroatoms. The number of nitrogens with zero attached hydrogens (tertiary/aromatic N) is 1. The fraction of sp³-hybridized carbons (Fsp3) is 0.583. The van der Waals surface area contributed by atoms with Crippen molar-refractivity contribution >= 4 is 17.3 Å². The Balaban J connectivity index is 3.21. The predicted molar refractivity (Wildman–Crippen MR) is 66.9 cm³/mol. The van der Waals surface area contributed by atoms with Crippen LogP contribution in [0.3, 0.4) is 0 Å². The lowest BCUT2D eigenvalue weighted by Gasteiger charge is -2.35. The highest BCUT2D eigenvalue weighted by Gasteiger charge is 2.40. The van der Waals surface area contributed by atoms with Gasteiger partial charge in [0, 0.05) is 4.88 Å². The van der Waals surface area contributed by atoms with Crippen LogP contribution in [-0.2, 0) is 4.79 Å². The number of hydrogen-bond donors (Lipinski definition) is 1. The maximum absolute atomic E-state index is 11.4. The van der Waals surface area contributed by atoms with Crippen molar-refractivity contribution in [1.82, 2.24) is 4.90 Å². The van der Waals surface area contributed by atoms with Crippen LogP contribution in [0.15, 0.2) is 11.4 Å². The Morgan fingerprint density at radius 2 is 2.06 bits per heavy atom. The zero-order valence-corrected chi connectivity index (χ0v) is 11.3. The van der Waals surface area contributed by atoms with Gasteiger partial charge in [-0.2, -0.15) is 0 Å². The van der Waals surface area contributed by atoms with Gasteiger partial charge >= 0.3 is 5.97 Å². The standard InChI is InChI=1S/C12H19NO2S/c1-8-6-7-16-9(8)10(13(4)5)12(2,3)11(14)15/h6-7,10H,1-5H3,(H,14,15). The fourth-order valence-electron chi connectivity index (χ4n) is 1.99. The molecule has 0 aliphatic heterocycles. The molecule has 0 amide bonds. The molecule has 0 spiro atoms. The van der Waals surface area contributed by atoms with E-state index in [1.165, 1.54) is 0 Å². The summed E-state index contributed by atoms with van der Waals surface area (Å²) in [6, 6.07) is 1.94. The number of thiophene rings is 1. The summed E-state index contributed by atoms with van der Waals surface area (Å²) in [6.07, 6.45) is 0. The second kappa shape index (κ2) is 4.55. The molecule has 1 unspecified atom stereocenters. The van der Waals surface area contributed by atoms with Gasteiger partial charge in [-0.05, 0) is 51.9 Å². The van der Waals surface area contributed by atoms with E-state index in [1.807, 2.05) is 37.4 Å². The minimum Gasteiger partial charge on any atom is -0.481 e. The average molecular weight is 241 g/mol. The molecule has 3 nitrogen and oxygen atoms in total. The van der Waals surface area contributed by atoms with Crippen molar-refractivity contribution in [2.45, 2.75) is 26.8 Å². The lowest BCUT2D eigenvalue weighted by atomic mass is 9.82. The molecule has 0 fully saturated rings. The lowest BCUT2D eigenvalue weighted by Crippen LogP contribution is -2.39. The number of carboxylic acid groups (broad SMARTS) is 1. The van der Waals surface area contributed by atoms with Crippen molar-refractivity contribution < 1.29 is 9.90 Å². The van der Waals surface area contributed by atoms with E-state index in [-0.39, 0.29) is 6.04 Å². The number of aliphatic carboxylic acids is 1. The SMILES string of the molecule is Cc1ccsc1C(N(C)C)C(C)(C)C(=O)O. The van der Waals surface area contributed by atoms with Gasteiger partial charge in [0.05, 0.1) is 11.5 Å². The highest BCUT2D eigenvalue weighted by Crippen LogP contribution is 2.40. The van der Waals surface area contributed by atoms with Crippen LogP contribution >= 0.6 is 11.3 Å². The van der Waals surface area contributed by atoms with E-state index in [1.54, 1.807) is 25.2 Å². The first-order valence-electron chi connectivity index (χ1n) is 5.22. The molecule has 1 aromatic rings. The van der Waals surface area contributed by atoms with E-state index >= 15 is 0 Å². The molecule has 1 aromatic heterocycles. The third kappa shape index (κ3) is 2.28. The molecule has 0 saturated carbocycles. The molecule has 1 N–H and O–H groups in total. The van der Waals surface area contributed by atoms with Crippen LogP contribution in [0, 0.1) is 12.3 Å². The number of rotatable bonds is 4. The van der Waals surface area contributed by atoms with Crippen molar-refractivity contribution in [3.63, 3.8) is 0 Å². The second-order valence-electron chi connectivity index (χ2n) is 4.86. The Morgan fingerprint density at radius 1 is 1.50 bits per heavy atom. The van der Waals surface area contributed by atoms with Gasteiger partial charge in [-0.1, -0.05) is 0 Å². The van der Waals surface area contributed by atoms with Crippen LogP contribution < -0.4 is 0 Å². The van der Waals surface area contributed by atoms with Crippen molar-refractivity contribution in [1.29, 1.82) is 0 Å². The second-order valence-corrected chi connectivity index (χ2v) is 5.81. The van der Waals surface area contributed by atoms with E-state index in [2.05, 4.69) is 0 Å². The number of hydrogen-bond acceptors (Lipinski definition) is 3. The molecule has 0 bridgehead atoms. The normalized spacial score (nSPS) is 14.1. The molecule has 0 radical (unpaired) electrons. The number of carboxylic acids is 1. The number of aryl methyl sites for hydroxylation is 1. The maximum Gasteiger partial charge on any atom is 0.311 e. The zero-order valence-electron chi connectivity index (χ0n) is 10.4. The minimum atomic E-state index is -0.793. The van der Waals surface area contributed by atoms with Crippen LogP contribution in [0.1, 0.15) is 30.3 Å². The molecule has 90 valence electrons. The largest absolute Gasteiger partial charge is 0.481 e. The summed E-state index contributed by atoms with van der Waals surface area (Å²) in [7, 11) is 3.85. The Labute approximate surface area is 101 Å². The molecular weight excluding hydrogens is 222 g/mol. The van der Waals surface area contributed by atoms with Gasteiger partial charge in [-0.3, -0.25) is 4.79 Å². The lowest BCUT2D eigenvalue weighted by molar-refractivity contribution is -0.150. The predicted octanol–water partition coefficient (Wildman–Crippen LogP) is 2.77. The van der Waals surface area contributed by atoms with Gasteiger partial charge in [0.2, 0.25) is 0 Å². The highest BCUT2D eigenvalue weighted by atomic mass is 32.1. The Kier molecular flexibility index (Phi) is 3.76. The third-order valence-corrected chi connectivity index (χ3v) is 3.97. The zero-order chi connectivity index (χ0) is 12.5. The average Bonchev–Trinajstić information content (AvgIpc) is 2.51.